The summed E-state index contributed by atoms with van der Waals surface area (Å²) in [5, 5.41) is 3.32. The van der Waals surface area contributed by atoms with E-state index in [0.717, 1.165) is 38.8 Å². The first kappa shape index (κ1) is 11.4. The summed E-state index contributed by atoms with van der Waals surface area (Å²) >= 11 is 0. The van der Waals surface area contributed by atoms with Crippen LogP contribution in [-0.4, -0.2) is 38.2 Å². The van der Waals surface area contributed by atoms with Gasteiger partial charge in [0, 0.05) is 0 Å². The summed E-state index contributed by atoms with van der Waals surface area (Å²) in [7, 11) is 0. The van der Waals surface area contributed by atoms with Crippen LogP contribution < -0.4 is 5.32 Å². The van der Waals surface area contributed by atoms with Gasteiger partial charge in [0.15, 0.2) is 12.9 Å². The van der Waals surface area contributed by atoms with Gasteiger partial charge in [-0.15, -0.1) is 0 Å². The van der Waals surface area contributed by atoms with Crippen molar-refractivity contribution >= 4 is 12.4 Å². The van der Waals surface area contributed by atoms with Gasteiger partial charge >= 0.3 is 6.16 Å². The normalized spacial score (nSPS) is 23.5. The van der Waals surface area contributed by atoms with E-state index in [2.05, 4.69) is 10.1 Å². The van der Waals surface area contributed by atoms with Crippen molar-refractivity contribution in [3.63, 3.8) is 0 Å². The van der Waals surface area contributed by atoms with E-state index in [1.807, 2.05) is 0 Å². The van der Waals surface area contributed by atoms with Crippen LogP contribution in [0.5, 0.6) is 0 Å². The maximum Gasteiger partial charge on any atom is 0.508 e. The zero-order valence-corrected chi connectivity index (χ0v) is 9.24. The molecule has 0 bridgehead atoms. The first-order valence-corrected chi connectivity index (χ1v) is 5.72. The molecule has 1 spiro atoms. The average Bonchev–Trinajstić information content (AvgIpc) is 2.26. The third-order valence-corrected chi connectivity index (χ3v) is 3.52. The molecule has 0 atom stereocenters. The standard InChI is InChI=1S/C11H17NO4/c13-5-6-15-10(14)16-9-7-11(8-9)1-3-12-4-2-11/h5,9,12H,1-4,6-8H2. The third-order valence-electron chi connectivity index (χ3n) is 3.52. The Morgan fingerprint density at radius 2 is 2.06 bits per heavy atom. The lowest BCUT2D eigenvalue weighted by Crippen LogP contribution is -2.49. The molecule has 1 saturated carbocycles. The number of ether oxygens (including phenoxy) is 2. The molecule has 5 heteroatoms. The van der Waals surface area contributed by atoms with Gasteiger partial charge in [-0.05, 0) is 44.2 Å². The molecule has 2 aliphatic rings. The highest BCUT2D eigenvalue weighted by Crippen LogP contribution is 2.49. The molecule has 0 amide bonds. The second-order valence-corrected chi connectivity index (χ2v) is 4.63. The number of carbonyl (C=O) groups is 2. The predicted octanol–water partition coefficient (Wildman–Crippen LogP) is 0.871. The van der Waals surface area contributed by atoms with Gasteiger partial charge < -0.3 is 14.8 Å². The molecule has 1 aliphatic heterocycles. The van der Waals surface area contributed by atoms with Crippen LogP contribution in [0.1, 0.15) is 25.7 Å². The SMILES string of the molecule is O=CCOC(=O)OC1CC2(CCNCC2)C1. The van der Waals surface area contributed by atoms with Crippen molar-refractivity contribution < 1.29 is 19.1 Å². The molecule has 1 heterocycles. The molecule has 0 radical (unpaired) electrons. The molecular formula is C11H17NO4. The monoisotopic (exact) mass is 227 g/mol. The van der Waals surface area contributed by atoms with E-state index in [0.29, 0.717) is 11.7 Å². The van der Waals surface area contributed by atoms with Gasteiger partial charge in [-0.2, -0.15) is 0 Å². The van der Waals surface area contributed by atoms with Crippen LogP contribution in [0.15, 0.2) is 0 Å². The summed E-state index contributed by atoms with van der Waals surface area (Å²) in [4.78, 5) is 21.0. The fourth-order valence-electron chi connectivity index (χ4n) is 2.63. The smallest absolute Gasteiger partial charge is 0.431 e. The summed E-state index contributed by atoms with van der Waals surface area (Å²) in [6.07, 6.45) is 4.00. The summed E-state index contributed by atoms with van der Waals surface area (Å²) < 4.78 is 9.61. The van der Waals surface area contributed by atoms with Gasteiger partial charge in [-0.25, -0.2) is 4.79 Å². The van der Waals surface area contributed by atoms with Crippen LogP contribution in [0.2, 0.25) is 0 Å². The first-order valence-electron chi connectivity index (χ1n) is 5.72. The van der Waals surface area contributed by atoms with E-state index in [1.165, 1.54) is 0 Å². The van der Waals surface area contributed by atoms with E-state index < -0.39 is 6.16 Å². The molecule has 5 nitrogen and oxygen atoms in total. The Morgan fingerprint density at radius 3 is 2.69 bits per heavy atom. The van der Waals surface area contributed by atoms with Crippen molar-refractivity contribution in [1.29, 1.82) is 0 Å². The van der Waals surface area contributed by atoms with Crippen molar-refractivity contribution in [2.75, 3.05) is 19.7 Å². The quantitative estimate of drug-likeness (QED) is 0.572. The van der Waals surface area contributed by atoms with Gasteiger partial charge in [-0.3, -0.25) is 4.79 Å². The number of aldehydes is 1. The summed E-state index contributed by atoms with van der Waals surface area (Å²) in [5.41, 5.74) is 0.390. The molecule has 0 aromatic rings. The minimum atomic E-state index is -0.721. The van der Waals surface area contributed by atoms with Crippen molar-refractivity contribution in [3.8, 4) is 0 Å². The van der Waals surface area contributed by atoms with Crippen LogP contribution >= 0.6 is 0 Å². The van der Waals surface area contributed by atoms with Gasteiger partial charge in [-0.1, -0.05) is 0 Å². The van der Waals surface area contributed by atoms with E-state index in [4.69, 9.17) is 4.74 Å². The molecule has 0 aromatic carbocycles. The Labute approximate surface area is 94.5 Å². The molecule has 2 rings (SSSR count). The Hall–Kier alpha value is -1.10. The number of piperidine rings is 1. The fraction of sp³-hybridized carbons (Fsp3) is 0.818. The molecular weight excluding hydrogens is 210 g/mol. The topological polar surface area (TPSA) is 64.6 Å². The Bertz CT molecular complexity index is 265. The molecule has 1 aliphatic carbocycles. The Morgan fingerprint density at radius 1 is 1.38 bits per heavy atom. The predicted molar refractivity (Wildman–Crippen MR) is 56.1 cm³/mol. The molecule has 16 heavy (non-hydrogen) atoms. The number of nitrogens with one attached hydrogen (secondary N) is 1. The zero-order chi connectivity index (χ0) is 11.4. The fourth-order valence-corrected chi connectivity index (χ4v) is 2.63. The van der Waals surface area contributed by atoms with Crippen molar-refractivity contribution in [3.05, 3.63) is 0 Å². The molecule has 1 N–H and O–H groups in total. The molecule has 90 valence electrons. The molecule has 0 aromatic heterocycles. The second kappa shape index (κ2) is 4.82. The highest BCUT2D eigenvalue weighted by Gasteiger charge is 2.46. The summed E-state index contributed by atoms with van der Waals surface area (Å²) in [6, 6.07) is 0. The van der Waals surface area contributed by atoms with E-state index in [1.54, 1.807) is 0 Å². The largest absolute Gasteiger partial charge is 0.508 e. The van der Waals surface area contributed by atoms with Gasteiger partial charge in [0.2, 0.25) is 0 Å². The highest BCUT2D eigenvalue weighted by atomic mass is 16.7. The number of hydrogen-bond acceptors (Lipinski definition) is 5. The lowest BCUT2D eigenvalue weighted by molar-refractivity contribution is -0.113. The van der Waals surface area contributed by atoms with Crippen LogP contribution in [0.4, 0.5) is 4.79 Å². The molecule has 1 saturated heterocycles. The number of carbonyl (C=O) groups excluding carboxylic acids is 2. The van der Waals surface area contributed by atoms with E-state index >= 15 is 0 Å². The number of rotatable bonds is 3. The molecule has 2 fully saturated rings. The van der Waals surface area contributed by atoms with E-state index in [-0.39, 0.29) is 12.7 Å². The zero-order valence-electron chi connectivity index (χ0n) is 9.24. The summed E-state index contributed by atoms with van der Waals surface area (Å²) in [6.45, 7) is 1.89. The first-order chi connectivity index (χ1) is 7.74. The van der Waals surface area contributed by atoms with Crippen LogP contribution in [-0.2, 0) is 14.3 Å². The lowest BCUT2D eigenvalue weighted by atomic mass is 9.62. The minimum Gasteiger partial charge on any atom is -0.431 e. The van der Waals surface area contributed by atoms with Gasteiger partial charge in [0.05, 0.1) is 0 Å². The third kappa shape index (κ3) is 2.52. The maximum atomic E-state index is 11.1. The molecule has 0 unspecified atom stereocenters. The van der Waals surface area contributed by atoms with Crippen LogP contribution in [0, 0.1) is 5.41 Å². The van der Waals surface area contributed by atoms with Gasteiger partial charge in [0.25, 0.3) is 0 Å². The lowest BCUT2D eigenvalue weighted by Gasteiger charge is -2.49. The number of hydrogen-bond donors (Lipinski definition) is 1. The van der Waals surface area contributed by atoms with Crippen LogP contribution in [0.3, 0.4) is 0 Å². The minimum absolute atomic E-state index is 0.0164. The summed E-state index contributed by atoms with van der Waals surface area (Å²) in [5.74, 6) is 0. The maximum absolute atomic E-state index is 11.1. The Kier molecular flexibility index (Phi) is 3.43. The second-order valence-electron chi connectivity index (χ2n) is 4.63. The van der Waals surface area contributed by atoms with Crippen molar-refractivity contribution in [1.82, 2.24) is 5.32 Å². The van der Waals surface area contributed by atoms with Crippen molar-refractivity contribution in [2.45, 2.75) is 31.8 Å². The Balaban J connectivity index is 1.67. The van der Waals surface area contributed by atoms with Crippen LogP contribution in [0.25, 0.3) is 0 Å². The van der Waals surface area contributed by atoms with Gasteiger partial charge in [0.1, 0.15) is 6.10 Å². The average molecular weight is 227 g/mol. The van der Waals surface area contributed by atoms with Crippen molar-refractivity contribution in [2.24, 2.45) is 5.41 Å². The highest BCUT2D eigenvalue weighted by molar-refractivity contribution is 5.63. The van der Waals surface area contributed by atoms with E-state index in [9.17, 15) is 9.59 Å².